The Hall–Kier alpha value is -1.89. The zero-order valence-corrected chi connectivity index (χ0v) is 14.6. The van der Waals surface area contributed by atoms with Gasteiger partial charge in [-0.1, -0.05) is 30.3 Å². The summed E-state index contributed by atoms with van der Waals surface area (Å²) in [5.74, 6) is -0.881. The summed E-state index contributed by atoms with van der Waals surface area (Å²) in [5, 5.41) is 14.5. The first-order chi connectivity index (χ1) is 11.4. The zero-order valence-electron chi connectivity index (χ0n) is 13.8. The van der Waals surface area contributed by atoms with Crippen LogP contribution >= 0.6 is 0 Å². The van der Waals surface area contributed by atoms with E-state index in [1.807, 2.05) is 30.3 Å². The van der Waals surface area contributed by atoms with E-state index < -0.39 is 16.8 Å². The summed E-state index contributed by atoms with van der Waals surface area (Å²) in [4.78, 5) is 22.9. The molecule has 0 heterocycles. The summed E-state index contributed by atoms with van der Waals surface area (Å²) >= 11 is 0. The molecule has 1 fully saturated rings. The van der Waals surface area contributed by atoms with E-state index in [1.165, 1.54) is 0 Å². The molecule has 0 saturated heterocycles. The maximum atomic E-state index is 12.1. The van der Waals surface area contributed by atoms with Crippen molar-refractivity contribution < 1.29 is 18.9 Å². The average Bonchev–Trinajstić information content (AvgIpc) is 3.33. The molecule has 2 rings (SSSR count). The highest BCUT2D eigenvalue weighted by Gasteiger charge is 2.46. The van der Waals surface area contributed by atoms with Gasteiger partial charge in [-0.25, -0.2) is 4.79 Å². The normalized spacial score (nSPS) is 17.5. The number of hydrogen-bond donors (Lipinski definition) is 3. The van der Waals surface area contributed by atoms with Gasteiger partial charge >= 0.3 is 12.0 Å². The molecule has 3 N–H and O–H groups in total. The number of benzene rings is 1. The van der Waals surface area contributed by atoms with Gasteiger partial charge in [0.1, 0.15) is 0 Å². The smallest absolute Gasteiger partial charge is 0.315 e. The van der Waals surface area contributed by atoms with Gasteiger partial charge < -0.3 is 15.7 Å². The number of carbonyl (C=O) groups excluding carboxylic acids is 1. The van der Waals surface area contributed by atoms with Crippen LogP contribution in [-0.2, 0) is 22.0 Å². The molecule has 1 aromatic carbocycles. The summed E-state index contributed by atoms with van der Waals surface area (Å²) in [5.41, 5.74) is 1.04. The van der Waals surface area contributed by atoms with Crippen molar-refractivity contribution in [3.8, 4) is 0 Å². The second kappa shape index (κ2) is 8.28. The highest BCUT2D eigenvalue weighted by atomic mass is 32.2. The van der Waals surface area contributed by atoms with Gasteiger partial charge in [0.2, 0.25) is 0 Å². The van der Waals surface area contributed by atoms with Crippen molar-refractivity contribution in [2.24, 2.45) is 0 Å². The van der Waals surface area contributed by atoms with E-state index in [0.717, 1.165) is 18.4 Å². The first-order valence-corrected chi connectivity index (χ1v) is 9.61. The Balaban J connectivity index is 1.87. The maximum Gasteiger partial charge on any atom is 0.315 e. The number of hydrogen-bond acceptors (Lipinski definition) is 3. The van der Waals surface area contributed by atoms with Crippen molar-refractivity contribution in [3.05, 3.63) is 35.9 Å². The third-order valence-corrected chi connectivity index (χ3v) is 6.13. The monoisotopic (exact) mass is 352 g/mol. The van der Waals surface area contributed by atoms with Crippen molar-refractivity contribution in [2.75, 3.05) is 12.8 Å². The summed E-state index contributed by atoms with van der Waals surface area (Å²) in [6.45, 7) is 0.388. The van der Waals surface area contributed by atoms with E-state index in [9.17, 15) is 13.8 Å². The number of amides is 2. The fourth-order valence-corrected chi connectivity index (χ4v) is 3.56. The second-order valence-electron chi connectivity index (χ2n) is 6.28. The van der Waals surface area contributed by atoms with E-state index in [4.69, 9.17) is 5.11 Å². The molecule has 0 radical (unpaired) electrons. The van der Waals surface area contributed by atoms with Crippen molar-refractivity contribution in [3.63, 3.8) is 0 Å². The van der Waals surface area contributed by atoms with Crippen LogP contribution in [0.15, 0.2) is 30.3 Å². The predicted octanol–water partition coefficient (Wildman–Crippen LogP) is 1.67. The number of rotatable bonds is 9. The van der Waals surface area contributed by atoms with Crippen LogP contribution in [-0.4, -0.2) is 44.9 Å². The minimum absolute atomic E-state index is 0.000689. The fourth-order valence-electron chi connectivity index (χ4n) is 2.60. The molecular weight excluding hydrogens is 328 g/mol. The molecule has 1 aliphatic rings. The highest BCUT2D eigenvalue weighted by Crippen LogP contribution is 2.40. The van der Waals surface area contributed by atoms with Gasteiger partial charge in [0.25, 0.3) is 0 Å². The van der Waals surface area contributed by atoms with Gasteiger partial charge in [-0.05, 0) is 31.2 Å². The van der Waals surface area contributed by atoms with E-state index >= 15 is 0 Å². The summed E-state index contributed by atoms with van der Waals surface area (Å²) in [7, 11) is -0.955. The topological polar surface area (TPSA) is 95.5 Å². The molecule has 0 spiro atoms. The lowest BCUT2D eigenvalue weighted by atomic mass is 10.0. The molecule has 2 atom stereocenters. The lowest BCUT2D eigenvalue weighted by molar-refractivity contribution is -0.137. The van der Waals surface area contributed by atoms with Gasteiger partial charge in [-0.2, -0.15) is 0 Å². The molecule has 0 aliphatic heterocycles. The standard InChI is InChI=1S/C17H24N2O4S/c1-24(23)17(9-10-17)12-18-16(22)19-14(7-8-15(20)21)11-13-5-3-2-4-6-13/h2-6,14H,7-12H2,1H3,(H,20,21)(H2,18,19,22). The molecule has 7 heteroatoms. The van der Waals surface area contributed by atoms with Gasteiger partial charge in [-0.3, -0.25) is 9.00 Å². The Bertz CT molecular complexity index is 602. The molecule has 1 aromatic rings. The van der Waals surface area contributed by atoms with Crippen LogP contribution in [0.4, 0.5) is 4.79 Å². The molecule has 2 unspecified atom stereocenters. The third-order valence-electron chi connectivity index (χ3n) is 4.36. The van der Waals surface area contributed by atoms with Crippen molar-refractivity contribution >= 4 is 22.8 Å². The van der Waals surface area contributed by atoms with Crippen molar-refractivity contribution in [2.45, 2.75) is 42.9 Å². The number of urea groups is 1. The zero-order chi connectivity index (χ0) is 17.6. The molecule has 132 valence electrons. The predicted molar refractivity (Wildman–Crippen MR) is 93.4 cm³/mol. The lowest BCUT2D eigenvalue weighted by Gasteiger charge is -2.20. The second-order valence-corrected chi connectivity index (χ2v) is 8.06. The van der Waals surface area contributed by atoms with Crippen LogP contribution in [0.25, 0.3) is 0 Å². The van der Waals surface area contributed by atoms with Crippen molar-refractivity contribution in [1.82, 2.24) is 10.6 Å². The minimum atomic E-state index is -0.955. The average molecular weight is 352 g/mol. The minimum Gasteiger partial charge on any atom is -0.481 e. The Labute approximate surface area is 144 Å². The molecular formula is C17H24N2O4S. The first-order valence-electron chi connectivity index (χ1n) is 8.05. The number of carboxylic acid groups (broad SMARTS) is 1. The van der Waals surface area contributed by atoms with Gasteiger partial charge in [0.05, 0.1) is 4.75 Å². The highest BCUT2D eigenvalue weighted by molar-refractivity contribution is 7.86. The van der Waals surface area contributed by atoms with Gasteiger partial charge in [0.15, 0.2) is 0 Å². The van der Waals surface area contributed by atoms with Crippen LogP contribution < -0.4 is 10.6 Å². The molecule has 1 aliphatic carbocycles. The molecule has 2 amide bonds. The quantitative estimate of drug-likeness (QED) is 0.630. The number of nitrogens with one attached hydrogen (secondary N) is 2. The van der Waals surface area contributed by atoms with Crippen LogP contribution in [0.5, 0.6) is 0 Å². The van der Waals surface area contributed by atoms with Crippen LogP contribution in [0.1, 0.15) is 31.2 Å². The summed E-state index contributed by atoms with van der Waals surface area (Å²) in [6.07, 6.45) is 4.33. The van der Waals surface area contributed by atoms with Crippen LogP contribution in [0.2, 0.25) is 0 Å². The Morgan fingerprint density at radius 2 is 1.96 bits per heavy atom. The number of carbonyl (C=O) groups is 2. The Kier molecular flexibility index (Phi) is 6.36. The Morgan fingerprint density at radius 3 is 2.50 bits per heavy atom. The first kappa shape index (κ1) is 18.4. The fraction of sp³-hybridized carbons (Fsp3) is 0.529. The molecule has 0 aromatic heterocycles. The Morgan fingerprint density at radius 1 is 1.29 bits per heavy atom. The van der Waals surface area contributed by atoms with Crippen molar-refractivity contribution in [1.29, 1.82) is 0 Å². The van der Waals surface area contributed by atoms with Gasteiger partial charge in [0, 0.05) is 36.1 Å². The number of carboxylic acids is 1. The van der Waals surface area contributed by atoms with Crippen LogP contribution in [0, 0.1) is 0 Å². The maximum absolute atomic E-state index is 12.1. The largest absolute Gasteiger partial charge is 0.481 e. The number of aliphatic carboxylic acids is 1. The lowest BCUT2D eigenvalue weighted by Crippen LogP contribution is -2.46. The molecule has 0 bridgehead atoms. The summed E-state index contributed by atoms with van der Waals surface area (Å²) in [6, 6.07) is 9.05. The molecule has 6 nitrogen and oxygen atoms in total. The molecule has 24 heavy (non-hydrogen) atoms. The SMILES string of the molecule is CS(=O)C1(CNC(=O)NC(CCC(=O)O)Cc2ccccc2)CC1. The van der Waals surface area contributed by atoms with E-state index in [0.29, 0.717) is 19.4 Å². The van der Waals surface area contributed by atoms with Crippen LogP contribution in [0.3, 0.4) is 0 Å². The molecule has 1 saturated carbocycles. The third kappa shape index (κ3) is 5.63. The van der Waals surface area contributed by atoms with E-state index in [2.05, 4.69) is 10.6 Å². The van der Waals surface area contributed by atoms with E-state index in [-0.39, 0.29) is 23.2 Å². The summed E-state index contributed by atoms with van der Waals surface area (Å²) < 4.78 is 11.4. The van der Waals surface area contributed by atoms with Gasteiger partial charge in [-0.15, -0.1) is 0 Å². The van der Waals surface area contributed by atoms with E-state index in [1.54, 1.807) is 6.26 Å².